The van der Waals surface area contributed by atoms with Gasteiger partial charge in [0, 0.05) is 27.1 Å². The predicted octanol–water partition coefficient (Wildman–Crippen LogP) is -0.173. The molecule has 1 rings (SSSR count). The van der Waals surface area contributed by atoms with E-state index in [4.69, 9.17) is 5.11 Å². The Bertz CT molecular complexity index is 211. The van der Waals surface area contributed by atoms with E-state index in [1.807, 2.05) is 0 Å². The maximum Gasteiger partial charge on any atom is 0.407 e. The van der Waals surface area contributed by atoms with Crippen LogP contribution in [0, 0.1) is 0 Å². The number of amides is 2. The quantitative estimate of drug-likeness (QED) is 0.597. The van der Waals surface area contributed by atoms with Gasteiger partial charge >= 0.3 is 6.09 Å². The maximum atomic E-state index is 10.7. The lowest BCUT2D eigenvalue weighted by Crippen LogP contribution is -2.60. The molecule has 0 bridgehead atoms. The van der Waals surface area contributed by atoms with Gasteiger partial charge in [0.05, 0.1) is 6.04 Å². The van der Waals surface area contributed by atoms with Crippen LogP contribution in [0.1, 0.15) is 6.92 Å². The Morgan fingerprint density at radius 3 is 2.33 bits per heavy atom. The van der Waals surface area contributed by atoms with Crippen LogP contribution in [-0.4, -0.2) is 53.1 Å². The molecule has 1 aliphatic rings. The standard InChI is InChI=1S/C7H12N2O3/c1-5(10)9-3-6(4-9)8(2)7(11)12/h6H,3-4H2,1-2H3,(H,11,12). The molecular weight excluding hydrogens is 160 g/mol. The molecule has 0 aromatic heterocycles. The first-order valence-corrected chi connectivity index (χ1v) is 3.73. The highest BCUT2D eigenvalue weighted by Crippen LogP contribution is 2.13. The molecule has 0 saturated carbocycles. The molecule has 68 valence electrons. The van der Waals surface area contributed by atoms with Crippen LogP contribution in [0.4, 0.5) is 4.79 Å². The van der Waals surface area contributed by atoms with E-state index < -0.39 is 6.09 Å². The van der Waals surface area contributed by atoms with Gasteiger partial charge in [-0.25, -0.2) is 4.79 Å². The molecule has 0 aromatic rings. The van der Waals surface area contributed by atoms with E-state index in [0.717, 1.165) is 0 Å². The highest BCUT2D eigenvalue weighted by atomic mass is 16.4. The minimum Gasteiger partial charge on any atom is -0.465 e. The van der Waals surface area contributed by atoms with Crippen LogP contribution in [0.15, 0.2) is 0 Å². The fourth-order valence-corrected chi connectivity index (χ4v) is 1.11. The number of carbonyl (C=O) groups is 2. The summed E-state index contributed by atoms with van der Waals surface area (Å²) in [5.41, 5.74) is 0. The number of hydrogen-bond donors (Lipinski definition) is 1. The summed E-state index contributed by atoms with van der Waals surface area (Å²) in [7, 11) is 1.52. The third-order valence-corrected chi connectivity index (χ3v) is 2.16. The number of rotatable bonds is 1. The zero-order chi connectivity index (χ0) is 9.30. The molecule has 2 amide bonds. The van der Waals surface area contributed by atoms with Crippen molar-refractivity contribution < 1.29 is 14.7 Å². The van der Waals surface area contributed by atoms with Crippen molar-refractivity contribution in [3.8, 4) is 0 Å². The van der Waals surface area contributed by atoms with E-state index in [0.29, 0.717) is 13.1 Å². The maximum absolute atomic E-state index is 10.7. The molecule has 12 heavy (non-hydrogen) atoms. The third kappa shape index (κ3) is 1.49. The van der Waals surface area contributed by atoms with Crippen molar-refractivity contribution in [1.29, 1.82) is 0 Å². The van der Waals surface area contributed by atoms with Crippen molar-refractivity contribution in [2.45, 2.75) is 13.0 Å². The Labute approximate surface area is 70.6 Å². The van der Waals surface area contributed by atoms with E-state index in [1.165, 1.54) is 18.9 Å². The summed E-state index contributed by atoms with van der Waals surface area (Å²) >= 11 is 0. The van der Waals surface area contributed by atoms with E-state index in [2.05, 4.69) is 0 Å². The molecule has 0 atom stereocenters. The second-order valence-electron chi connectivity index (χ2n) is 2.97. The Hall–Kier alpha value is -1.26. The largest absolute Gasteiger partial charge is 0.465 e. The molecule has 5 heteroatoms. The summed E-state index contributed by atoms with van der Waals surface area (Å²) in [6, 6.07) is -0.0219. The number of likely N-dealkylation sites (N-methyl/N-ethyl adjacent to an activating group) is 1. The minimum absolute atomic E-state index is 0.00467. The molecule has 1 fully saturated rings. The first kappa shape index (κ1) is 8.83. The second-order valence-corrected chi connectivity index (χ2v) is 2.97. The van der Waals surface area contributed by atoms with Crippen LogP contribution < -0.4 is 0 Å². The molecule has 0 aromatic carbocycles. The molecule has 5 nitrogen and oxygen atoms in total. The molecule has 1 aliphatic heterocycles. The minimum atomic E-state index is -0.941. The number of likely N-dealkylation sites (tertiary alicyclic amines) is 1. The summed E-state index contributed by atoms with van der Waals surface area (Å²) in [6.45, 7) is 2.53. The van der Waals surface area contributed by atoms with Crippen molar-refractivity contribution in [3.63, 3.8) is 0 Å². The van der Waals surface area contributed by atoms with E-state index in [1.54, 1.807) is 4.90 Å². The van der Waals surface area contributed by atoms with Gasteiger partial charge in [-0.15, -0.1) is 0 Å². The first-order chi connectivity index (χ1) is 5.52. The van der Waals surface area contributed by atoms with Gasteiger partial charge < -0.3 is 14.9 Å². The SMILES string of the molecule is CC(=O)N1CC(N(C)C(=O)O)C1. The number of carboxylic acid groups (broad SMARTS) is 1. The van der Waals surface area contributed by atoms with Crippen LogP contribution in [-0.2, 0) is 4.79 Å². The van der Waals surface area contributed by atoms with Crippen molar-refractivity contribution in [2.24, 2.45) is 0 Å². The van der Waals surface area contributed by atoms with Crippen molar-refractivity contribution >= 4 is 12.0 Å². The first-order valence-electron chi connectivity index (χ1n) is 3.73. The lowest BCUT2D eigenvalue weighted by Gasteiger charge is -2.42. The zero-order valence-corrected chi connectivity index (χ0v) is 7.15. The van der Waals surface area contributed by atoms with Gasteiger partial charge in [0.2, 0.25) is 5.91 Å². The molecule has 0 unspecified atom stereocenters. The monoisotopic (exact) mass is 172 g/mol. The van der Waals surface area contributed by atoms with E-state index >= 15 is 0 Å². The second kappa shape index (κ2) is 3.00. The lowest BCUT2D eigenvalue weighted by atomic mass is 10.1. The average molecular weight is 172 g/mol. The van der Waals surface area contributed by atoms with Gasteiger partial charge in [-0.05, 0) is 0 Å². The van der Waals surface area contributed by atoms with Crippen molar-refractivity contribution in [2.75, 3.05) is 20.1 Å². The third-order valence-electron chi connectivity index (χ3n) is 2.16. The van der Waals surface area contributed by atoms with Gasteiger partial charge in [0.25, 0.3) is 0 Å². The lowest BCUT2D eigenvalue weighted by molar-refractivity contribution is -0.135. The van der Waals surface area contributed by atoms with Crippen molar-refractivity contribution in [1.82, 2.24) is 9.80 Å². The highest BCUT2D eigenvalue weighted by molar-refractivity contribution is 5.75. The zero-order valence-electron chi connectivity index (χ0n) is 7.15. The van der Waals surface area contributed by atoms with Gasteiger partial charge in [-0.3, -0.25) is 4.79 Å². The Balaban J connectivity index is 2.34. The molecule has 0 spiro atoms. The van der Waals surface area contributed by atoms with Crippen LogP contribution in [0.25, 0.3) is 0 Å². The van der Waals surface area contributed by atoms with Crippen LogP contribution >= 0.6 is 0 Å². The molecule has 0 aliphatic carbocycles. The summed E-state index contributed by atoms with van der Waals surface area (Å²) in [5, 5.41) is 8.56. The van der Waals surface area contributed by atoms with Gasteiger partial charge in [0.15, 0.2) is 0 Å². The number of carbonyl (C=O) groups excluding carboxylic acids is 1. The van der Waals surface area contributed by atoms with E-state index in [9.17, 15) is 9.59 Å². The Morgan fingerprint density at radius 2 is 2.00 bits per heavy atom. The fourth-order valence-electron chi connectivity index (χ4n) is 1.11. The normalized spacial score (nSPS) is 17.0. The highest BCUT2D eigenvalue weighted by Gasteiger charge is 2.33. The van der Waals surface area contributed by atoms with Crippen LogP contribution in [0.5, 0.6) is 0 Å². The summed E-state index contributed by atoms with van der Waals surface area (Å²) in [5.74, 6) is 0.00467. The van der Waals surface area contributed by atoms with Crippen LogP contribution in [0.3, 0.4) is 0 Å². The molecule has 1 heterocycles. The molecule has 1 saturated heterocycles. The smallest absolute Gasteiger partial charge is 0.407 e. The molecule has 0 radical (unpaired) electrons. The molecule has 1 N–H and O–H groups in total. The fraction of sp³-hybridized carbons (Fsp3) is 0.714. The summed E-state index contributed by atoms with van der Waals surface area (Å²) < 4.78 is 0. The van der Waals surface area contributed by atoms with Gasteiger partial charge in [0.1, 0.15) is 0 Å². The summed E-state index contributed by atoms with van der Waals surface area (Å²) in [4.78, 5) is 24.0. The average Bonchev–Trinajstić information content (AvgIpc) is 1.82. The summed E-state index contributed by atoms with van der Waals surface area (Å²) in [6.07, 6.45) is -0.941. The van der Waals surface area contributed by atoms with Crippen molar-refractivity contribution in [3.05, 3.63) is 0 Å². The Morgan fingerprint density at radius 1 is 1.50 bits per heavy atom. The van der Waals surface area contributed by atoms with Gasteiger partial charge in [-0.1, -0.05) is 0 Å². The van der Waals surface area contributed by atoms with E-state index in [-0.39, 0.29) is 11.9 Å². The Kier molecular flexibility index (Phi) is 2.21. The predicted molar refractivity (Wildman–Crippen MR) is 41.8 cm³/mol. The van der Waals surface area contributed by atoms with Gasteiger partial charge in [-0.2, -0.15) is 0 Å². The topological polar surface area (TPSA) is 60.9 Å². The molecular formula is C7H12N2O3. The van der Waals surface area contributed by atoms with Crippen LogP contribution in [0.2, 0.25) is 0 Å². The number of nitrogens with zero attached hydrogens (tertiary/aromatic N) is 2. The number of hydrogen-bond acceptors (Lipinski definition) is 2.